The molecule has 1 aliphatic carbocycles. The summed E-state index contributed by atoms with van der Waals surface area (Å²) in [5.74, 6) is 0. The van der Waals surface area contributed by atoms with Crippen LogP contribution in [-0.4, -0.2) is 0 Å². The molecule has 1 heteroatoms. The molecule has 0 aromatic heterocycles. The minimum atomic E-state index is -0.0382. The summed E-state index contributed by atoms with van der Waals surface area (Å²) >= 11 is 3.85. The highest BCUT2D eigenvalue weighted by Gasteiger charge is 2.38. The monoisotopic (exact) mass is 424 g/mol. The topological polar surface area (TPSA) is 0 Å². The molecule has 0 fully saturated rings. The summed E-state index contributed by atoms with van der Waals surface area (Å²) in [5, 5.41) is 0. The maximum absolute atomic E-state index is 3.85. The van der Waals surface area contributed by atoms with Gasteiger partial charge < -0.3 is 0 Å². The van der Waals surface area contributed by atoms with E-state index < -0.39 is 0 Å². The number of rotatable bonds is 2. The van der Waals surface area contributed by atoms with Crippen LogP contribution in [0.15, 0.2) is 95.5 Å². The zero-order valence-electron chi connectivity index (χ0n) is 16.0. The van der Waals surface area contributed by atoms with Crippen LogP contribution in [-0.2, 0) is 5.41 Å². The van der Waals surface area contributed by atoms with Crippen LogP contribution in [0.5, 0.6) is 0 Å². The largest absolute Gasteiger partial charge is 0.0622 e. The lowest BCUT2D eigenvalue weighted by atomic mass is 9.81. The normalized spacial score (nSPS) is 13.8. The molecule has 5 rings (SSSR count). The van der Waals surface area contributed by atoms with Crippen molar-refractivity contribution in [2.75, 3.05) is 0 Å². The van der Waals surface area contributed by atoms with Crippen molar-refractivity contribution in [3.05, 3.63) is 107 Å². The van der Waals surface area contributed by atoms with Crippen LogP contribution in [0.1, 0.15) is 25.0 Å². The molecule has 0 N–H and O–H groups in total. The maximum atomic E-state index is 3.85. The molecule has 0 atom stereocenters. The molecule has 1 aliphatic rings. The van der Waals surface area contributed by atoms with Crippen LogP contribution in [0.4, 0.5) is 0 Å². The van der Waals surface area contributed by atoms with Crippen LogP contribution in [0.25, 0.3) is 33.4 Å². The van der Waals surface area contributed by atoms with E-state index in [0.29, 0.717) is 0 Å². The SMILES string of the molecule is CC1(C)c2ccc(-c3ccccc3)cc2-c2c(-c3ccccc3)ccc(Br)c21. The molecule has 0 saturated heterocycles. The van der Waals surface area contributed by atoms with Crippen LogP contribution in [0.3, 0.4) is 0 Å². The smallest absolute Gasteiger partial charge is 0.0222 e. The van der Waals surface area contributed by atoms with Gasteiger partial charge in [0, 0.05) is 9.89 Å². The minimum absolute atomic E-state index is 0.0382. The minimum Gasteiger partial charge on any atom is -0.0622 e. The first-order valence-electron chi connectivity index (χ1n) is 9.66. The average Bonchev–Trinajstić information content (AvgIpc) is 2.97. The summed E-state index contributed by atoms with van der Waals surface area (Å²) < 4.78 is 1.18. The van der Waals surface area contributed by atoms with Gasteiger partial charge >= 0.3 is 0 Å². The highest BCUT2D eigenvalue weighted by atomic mass is 79.9. The van der Waals surface area contributed by atoms with Crippen molar-refractivity contribution in [2.24, 2.45) is 0 Å². The molecule has 0 saturated carbocycles. The molecular formula is C27H21Br. The Labute approximate surface area is 175 Å². The van der Waals surface area contributed by atoms with Crippen molar-refractivity contribution in [1.82, 2.24) is 0 Å². The Morgan fingerprint density at radius 1 is 0.607 bits per heavy atom. The van der Waals surface area contributed by atoms with Crippen LogP contribution < -0.4 is 0 Å². The van der Waals surface area contributed by atoms with E-state index in [0.717, 1.165) is 0 Å². The van der Waals surface area contributed by atoms with E-state index in [9.17, 15) is 0 Å². The highest BCUT2D eigenvalue weighted by Crippen LogP contribution is 2.55. The molecule has 0 radical (unpaired) electrons. The predicted octanol–water partition coefficient (Wildman–Crippen LogP) is 8.09. The lowest BCUT2D eigenvalue weighted by molar-refractivity contribution is 0.657. The molecule has 0 spiro atoms. The molecule has 0 aliphatic heterocycles. The Kier molecular flexibility index (Phi) is 4.03. The third-order valence-electron chi connectivity index (χ3n) is 5.93. The van der Waals surface area contributed by atoms with Crippen molar-refractivity contribution in [3.63, 3.8) is 0 Å². The Hall–Kier alpha value is -2.64. The van der Waals surface area contributed by atoms with Gasteiger partial charge in [-0.1, -0.05) is 109 Å². The average molecular weight is 425 g/mol. The summed E-state index contributed by atoms with van der Waals surface area (Å²) in [6, 6.07) is 32.8. The molecule has 0 bridgehead atoms. The summed E-state index contributed by atoms with van der Waals surface area (Å²) in [5.41, 5.74) is 10.5. The van der Waals surface area contributed by atoms with E-state index in [1.165, 1.54) is 49.0 Å². The molecule has 0 amide bonds. The van der Waals surface area contributed by atoms with Gasteiger partial charge in [0.25, 0.3) is 0 Å². The second kappa shape index (κ2) is 6.46. The van der Waals surface area contributed by atoms with E-state index >= 15 is 0 Å². The Morgan fingerprint density at radius 3 is 1.93 bits per heavy atom. The fourth-order valence-corrected chi connectivity index (χ4v) is 5.39. The summed E-state index contributed by atoms with van der Waals surface area (Å²) in [6.45, 7) is 4.67. The van der Waals surface area contributed by atoms with Gasteiger partial charge in [-0.15, -0.1) is 0 Å². The van der Waals surface area contributed by atoms with Crippen molar-refractivity contribution in [3.8, 4) is 33.4 Å². The first kappa shape index (κ1) is 17.5. The molecule has 4 aromatic carbocycles. The van der Waals surface area contributed by atoms with Gasteiger partial charge in [0.2, 0.25) is 0 Å². The number of hydrogen-bond donors (Lipinski definition) is 0. The number of halogens is 1. The summed E-state index contributed by atoms with van der Waals surface area (Å²) in [6.07, 6.45) is 0. The van der Waals surface area contributed by atoms with Crippen molar-refractivity contribution >= 4 is 15.9 Å². The third kappa shape index (κ3) is 2.57. The number of fused-ring (bicyclic) bond motifs is 3. The molecule has 4 aromatic rings. The van der Waals surface area contributed by atoms with Crippen LogP contribution in [0, 0.1) is 0 Å². The Morgan fingerprint density at radius 2 is 1.25 bits per heavy atom. The van der Waals surface area contributed by atoms with Crippen molar-refractivity contribution < 1.29 is 0 Å². The van der Waals surface area contributed by atoms with Crippen LogP contribution in [0.2, 0.25) is 0 Å². The van der Waals surface area contributed by atoms with Crippen LogP contribution >= 0.6 is 15.9 Å². The summed E-state index contributed by atoms with van der Waals surface area (Å²) in [4.78, 5) is 0. The second-order valence-electron chi connectivity index (χ2n) is 7.96. The van der Waals surface area contributed by atoms with E-state index in [1.807, 2.05) is 0 Å². The zero-order chi connectivity index (χ0) is 19.3. The lowest BCUT2D eigenvalue weighted by Crippen LogP contribution is -2.15. The second-order valence-corrected chi connectivity index (χ2v) is 8.82. The van der Waals surface area contributed by atoms with E-state index in [-0.39, 0.29) is 5.41 Å². The fourth-order valence-electron chi connectivity index (χ4n) is 4.57. The maximum Gasteiger partial charge on any atom is 0.0222 e. The van der Waals surface area contributed by atoms with Gasteiger partial charge in [0.05, 0.1) is 0 Å². The lowest BCUT2D eigenvalue weighted by Gasteiger charge is -2.23. The highest BCUT2D eigenvalue weighted by molar-refractivity contribution is 9.10. The zero-order valence-corrected chi connectivity index (χ0v) is 17.6. The summed E-state index contributed by atoms with van der Waals surface area (Å²) in [7, 11) is 0. The predicted molar refractivity (Wildman–Crippen MR) is 123 cm³/mol. The number of benzene rings is 4. The van der Waals surface area contributed by atoms with Gasteiger partial charge in [-0.25, -0.2) is 0 Å². The van der Waals surface area contributed by atoms with E-state index in [4.69, 9.17) is 0 Å². The third-order valence-corrected chi connectivity index (χ3v) is 6.59. The first-order valence-corrected chi connectivity index (χ1v) is 10.5. The molecule has 0 heterocycles. The molecular weight excluding hydrogens is 404 g/mol. The van der Waals surface area contributed by atoms with E-state index in [1.54, 1.807) is 0 Å². The first-order chi connectivity index (χ1) is 13.6. The fraction of sp³-hybridized carbons (Fsp3) is 0.111. The van der Waals surface area contributed by atoms with Crippen molar-refractivity contribution in [1.29, 1.82) is 0 Å². The van der Waals surface area contributed by atoms with Gasteiger partial charge in [-0.3, -0.25) is 0 Å². The quantitative estimate of drug-likeness (QED) is 0.304. The van der Waals surface area contributed by atoms with Gasteiger partial charge in [0.1, 0.15) is 0 Å². The Balaban J connectivity index is 1.82. The van der Waals surface area contributed by atoms with Gasteiger partial charge in [-0.2, -0.15) is 0 Å². The Bertz CT molecular complexity index is 1170. The van der Waals surface area contributed by atoms with Gasteiger partial charge in [-0.05, 0) is 56.6 Å². The molecule has 0 unspecified atom stereocenters. The molecule has 136 valence electrons. The molecule has 28 heavy (non-hydrogen) atoms. The van der Waals surface area contributed by atoms with Gasteiger partial charge in [0.15, 0.2) is 0 Å². The van der Waals surface area contributed by atoms with Crippen molar-refractivity contribution in [2.45, 2.75) is 19.3 Å². The molecule has 0 nitrogen and oxygen atoms in total. The van der Waals surface area contributed by atoms with E-state index in [2.05, 4.69) is 121 Å². The number of hydrogen-bond acceptors (Lipinski definition) is 0. The standard InChI is InChI=1S/C27H21Br/c1-27(2)23-15-13-20(18-9-5-3-6-10-18)17-22(23)25-21(14-16-24(28)26(25)27)19-11-7-4-8-12-19/h3-17H,1-2H3.